The van der Waals surface area contributed by atoms with Crippen LogP contribution in [0.25, 0.3) is 0 Å². The van der Waals surface area contributed by atoms with Crippen LogP contribution in [0.15, 0.2) is 0 Å². The highest BCUT2D eigenvalue weighted by molar-refractivity contribution is 5.47. The van der Waals surface area contributed by atoms with Crippen LogP contribution in [-0.2, 0) is 4.79 Å². The van der Waals surface area contributed by atoms with Gasteiger partial charge in [0.25, 0.3) is 5.92 Å². The second-order valence-electron chi connectivity index (χ2n) is 2.84. The fourth-order valence-electron chi connectivity index (χ4n) is 1.38. The number of rotatable bonds is 2. The second-order valence-corrected chi connectivity index (χ2v) is 2.84. The Bertz CT molecular complexity index is 149. The first kappa shape index (κ1) is 8.43. The Hall–Kier alpha value is -0.670. The molecule has 0 saturated heterocycles. The Morgan fingerprint density at radius 1 is 1.45 bits per heavy atom. The van der Waals surface area contributed by atoms with Gasteiger partial charge in [-0.05, 0) is 12.8 Å². The smallest absolute Gasteiger partial charge is 0.267 e. The Kier molecular flexibility index (Phi) is 2.42. The summed E-state index contributed by atoms with van der Waals surface area (Å²) in [5, 5.41) is 2.14. The first-order valence-electron chi connectivity index (χ1n) is 3.74. The lowest BCUT2D eigenvalue weighted by molar-refractivity contribution is -0.116. The quantitative estimate of drug-likeness (QED) is 0.611. The van der Waals surface area contributed by atoms with Crippen molar-refractivity contribution in [3.8, 4) is 0 Å². The van der Waals surface area contributed by atoms with Crippen molar-refractivity contribution in [1.29, 1.82) is 0 Å². The van der Waals surface area contributed by atoms with Gasteiger partial charge >= 0.3 is 0 Å². The van der Waals surface area contributed by atoms with Crippen molar-refractivity contribution in [2.45, 2.75) is 37.6 Å². The summed E-state index contributed by atoms with van der Waals surface area (Å²) in [4.78, 5) is 9.92. The molecule has 1 N–H and O–H groups in total. The normalized spacial score (nSPS) is 29.5. The molecule has 0 aromatic carbocycles. The predicted octanol–water partition coefficient (Wildman–Crippen LogP) is 1.31. The van der Waals surface area contributed by atoms with Crippen LogP contribution in [-0.4, -0.2) is 18.4 Å². The molecule has 0 aromatic heterocycles. The molecule has 2 nitrogen and oxygen atoms in total. The lowest BCUT2D eigenvalue weighted by Crippen LogP contribution is -2.46. The third-order valence-electron chi connectivity index (χ3n) is 2.03. The largest absolute Gasteiger partial charge is 0.350 e. The van der Waals surface area contributed by atoms with E-state index in [2.05, 4.69) is 5.32 Å². The molecule has 0 aliphatic heterocycles. The van der Waals surface area contributed by atoms with E-state index in [0.717, 1.165) is 6.42 Å². The number of alkyl halides is 2. The minimum atomic E-state index is -2.70. The average molecular weight is 163 g/mol. The fraction of sp³-hybridized carbons (Fsp3) is 0.857. The zero-order valence-corrected chi connectivity index (χ0v) is 6.15. The molecule has 1 aliphatic rings. The van der Waals surface area contributed by atoms with Gasteiger partial charge in [-0.15, -0.1) is 0 Å². The molecule has 11 heavy (non-hydrogen) atoms. The van der Waals surface area contributed by atoms with Crippen LogP contribution in [0.3, 0.4) is 0 Å². The van der Waals surface area contributed by atoms with Crippen LogP contribution in [0.5, 0.6) is 0 Å². The van der Waals surface area contributed by atoms with Crippen LogP contribution >= 0.6 is 0 Å². The van der Waals surface area contributed by atoms with Gasteiger partial charge in [0.2, 0.25) is 6.41 Å². The Balaban J connectivity index is 2.52. The van der Waals surface area contributed by atoms with Gasteiger partial charge in [-0.1, -0.05) is 6.42 Å². The number of nitrogens with one attached hydrogen (secondary N) is 1. The van der Waals surface area contributed by atoms with Gasteiger partial charge in [-0.2, -0.15) is 0 Å². The number of amides is 1. The average Bonchev–Trinajstić information content (AvgIpc) is 1.94. The molecule has 0 bridgehead atoms. The van der Waals surface area contributed by atoms with Crippen molar-refractivity contribution in [3.63, 3.8) is 0 Å². The summed E-state index contributed by atoms with van der Waals surface area (Å²) < 4.78 is 25.7. The monoisotopic (exact) mass is 163 g/mol. The Labute approximate surface area is 64.0 Å². The van der Waals surface area contributed by atoms with E-state index < -0.39 is 12.0 Å². The predicted molar refractivity (Wildman–Crippen MR) is 36.4 cm³/mol. The molecule has 1 saturated carbocycles. The summed E-state index contributed by atoms with van der Waals surface area (Å²) in [5.41, 5.74) is 0. The summed E-state index contributed by atoms with van der Waals surface area (Å²) in [6, 6.07) is -0.936. The van der Waals surface area contributed by atoms with Gasteiger partial charge in [0.15, 0.2) is 0 Å². The lowest BCUT2D eigenvalue weighted by atomic mass is 9.92. The van der Waals surface area contributed by atoms with E-state index in [4.69, 9.17) is 0 Å². The number of halogens is 2. The molecule has 1 unspecified atom stereocenters. The van der Waals surface area contributed by atoms with E-state index in [1.54, 1.807) is 0 Å². The topological polar surface area (TPSA) is 29.1 Å². The molecular weight excluding hydrogens is 152 g/mol. The zero-order chi connectivity index (χ0) is 8.32. The number of carbonyl (C=O) groups is 1. The molecule has 0 spiro atoms. The van der Waals surface area contributed by atoms with Crippen LogP contribution < -0.4 is 5.32 Å². The number of hydrogen-bond acceptors (Lipinski definition) is 1. The highest BCUT2D eigenvalue weighted by Gasteiger charge is 2.40. The first-order chi connectivity index (χ1) is 5.17. The Morgan fingerprint density at radius 2 is 2.18 bits per heavy atom. The number of hydrogen-bond donors (Lipinski definition) is 1. The SMILES string of the molecule is O=CNC1CCCCC1(F)F. The van der Waals surface area contributed by atoms with Gasteiger partial charge < -0.3 is 5.32 Å². The van der Waals surface area contributed by atoms with E-state index in [1.165, 1.54) is 0 Å². The summed E-state index contributed by atoms with van der Waals surface area (Å²) in [5.74, 6) is -2.70. The zero-order valence-electron chi connectivity index (χ0n) is 6.15. The van der Waals surface area contributed by atoms with Gasteiger partial charge in [0, 0.05) is 6.42 Å². The van der Waals surface area contributed by atoms with Gasteiger partial charge in [-0.25, -0.2) is 8.78 Å². The second kappa shape index (κ2) is 3.15. The maximum atomic E-state index is 12.8. The molecule has 1 rings (SSSR count). The molecule has 1 aliphatic carbocycles. The van der Waals surface area contributed by atoms with Crippen molar-refractivity contribution in [2.24, 2.45) is 0 Å². The van der Waals surface area contributed by atoms with Crippen molar-refractivity contribution in [3.05, 3.63) is 0 Å². The van der Waals surface area contributed by atoms with E-state index >= 15 is 0 Å². The maximum absolute atomic E-state index is 12.8. The molecule has 1 amide bonds. The Morgan fingerprint density at radius 3 is 2.73 bits per heavy atom. The molecule has 1 fully saturated rings. The number of carbonyl (C=O) groups excluding carboxylic acids is 1. The highest BCUT2D eigenvalue weighted by atomic mass is 19.3. The fourth-order valence-corrected chi connectivity index (χ4v) is 1.38. The van der Waals surface area contributed by atoms with Gasteiger partial charge in [0.1, 0.15) is 0 Å². The third-order valence-corrected chi connectivity index (χ3v) is 2.03. The van der Waals surface area contributed by atoms with Crippen LogP contribution in [0.4, 0.5) is 8.78 Å². The minimum absolute atomic E-state index is 0.0987. The maximum Gasteiger partial charge on any atom is 0.267 e. The standard InChI is InChI=1S/C7H11F2NO/c8-7(9)4-2-1-3-6(7)10-5-11/h5-6H,1-4H2,(H,10,11). The summed E-state index contributed by atoms with van der Waals surface area (Å²) in [6.45, 7) is 0. The van der Waals surface area contributed by atoms with Gasteiger partial charge in [-0.3, -0.25) is 4.79 Å². The van der Waals surface area contributed by atoms with Crippen molar-refractivity contribution < 1.29 is 13.6 Å². The lowest BCUT2D eigenvalue weighted by Gasteiger charge is -2.30. The summed E-state index contributed by atoms with van der Waals surface area (Å²) in [6.07, 6.45) is 1.99. The van der Waals surface area contributed by atoms with E-state index in [1.807, 2.05) is 0 Å². The van der Waals surface area contributed by atoms with Crippen molar-refractivity contribution >= 4 is 6.41 Å². The third kappa shape index (κ3) is 1.88. The van der Waals surface area contributed by atoms with Crippen LogP contribution in [0, 0.1) is 0 Å². The van der Waals surface area contributed by atoms with Crippen molar-refractivity contribution in [2.75, 3.05) is 0 Å². The van der Waals surface area contributed by atoms with E-state index in [9.17, 15) is 13.6 Å². The van der Waals surface area contributed by atoms with Crippen LogP contribution in [0.2, 0.25) is 0 Å². The minimum Gasteiger partial charge on any atom is -0.350 e. The van der Waals surface area contributed by atoms with E-state index in [-0.39, 0.29) is 6.42 Å². The molecule has 64 valence electrons. The molecule has 0 radical (unpaired) electrons. The molecule has 0 aromatic rings. The molecule has 0 heterocycles. The van der Waals surface area contributed by atoms with E-state index in [0.29, 0.717) is 19.3 Å². The van der Waals surface area contributed by atoms with Crippen LogP contribution in [0.1, 0.15) is 25.7 Å². The first-order valence-corrected chi connectivity index (χ1v) is 3.74. The summed E-state index contributed by atoms with van der Waals surface area (Å²) >= 11 is 0. The van der Waals surface area contributed by atoms with Crippen molar-refractivity contribution in [1.82, 2.24) is 5.32 Å². The highest BCUT2D eigenvalue weighted by Crippen LogP contribution is 2.32. The molecular formula is C7H11F2NO. The molecule has 4 heteroatoms. The molecule has 1 atom stereocenters. The van der Waals surface area contributed by atoms with Gasteiger partial charge in [0.05, 0.1) is 6.04 Å². The summed E-state index contributed by atoms with van der Waals surface area (Å²) in [7, 11) is 0.